The average molecular weight is 633 g/mol. The van der Waals surface area contributed by atoms with Crippen molar-refractivity contribution in [3.05, 3.63) is 0 Å². The van der Waals surface area contributed by atoms with Crippen LogP contribution >= 0.6 is 0 Å². The van der Waals surface area contributed by atoms with Crippen molar-refractivity contribution in [3.63, 3.8) is 0 Å². The molecule has 3 atom stereocenters. The van der Waals surface area contributed by atoms with Gasteiger partial charge < -0.3 is 22.1 Å². The van der Waals surface area contributed by atoms with Crippen molar-refractivity contribution < 1.29 is 36.2 Å². The first-order valence-corrected chi connectivity index (χ1v) is 17.3. The zero-order valence-corrected chi connectivity index (χ0v) is 29.4. The standard InChI is InChI=1S/C35H70NO3.BrH/c1-7-9-11-13-15-17-19-21-23-25-27-29-33(38)31(3)35(36(5,6)32(4)37)34(39)30-28-26-24-22-20-18-16-14-12-10-8-2;/h31-32,35,37H,7-30H2,1-6H3;1H/q+1;/p-1. The van der Waals surface area contributed by atoms with E-state index in [0.717, 1.165) is 25.7 Å². The van der Waals surface area contributed by atoms with Crippen LogP contribution in [0.5, 0.6) is 0 Å². The molecule has 0 spiro atoms. The molecule has 240 valence electrons. The highest BCUT2D eigenvalue weighted by atomic mass is 79.9. The Kier molecular flexibility index (Phi) is 28.9. The van der Waals surface area contributed by atoms with Crippen LogP contribution in [0.4, 0.5) is 0 Å². The number of likely N-dealkylation sites (N-methyl/N-ethyl adjacent to an activating group) is 1. The molecular weight excluding hydrogens is 562 g/mol. The number of ketones is 2. The maximum atomic E-state index is 13.4. The van der Waals surface area contributed by atoms with Gasteiger partial charge in [0.05, 0.1) is 20.0 Å². The van der Waals surface area contributed by atoms with Gasteiger partial charge in [-0.05, 0) is 19.8 Å². The largest absolute Gasteiger partial charge is 1.00 e. The normalized spacial score (nSPS) is 14.0. The topological polar surface area (TPSA) is 54.4 Å². The van der Waals surface area contributed by atoms with Gasteiger partial charge in [0.25, 0.3) is 0 Å². The summed E-state index contributed by atoms with van der Waals surface area (Å²) in [5, 5.41) is 10.5. The number of unbranched alkanes of at least 4 members (excludes halogenated alkanes) is 20. The van der Waals surface area contributed by atoms with E-state index in [0.29, 0.717) is 12.8 Å². The minimum absolute atomic E-state index is 0. The van der Waals surface area contributed by atoms with Gasteiger partial charge in [0.2, 0.25) is 0 Å². The molecule has 4 nitrogen and oxygen atoms in total. The fourth-order valence-electron chi connectivity index (χ4n) is 5.94. The summed E-state index contributed by atoms with van der Waals surface area (Å²) in [6, 6.07) is -0.465. The lowest BCUT2D eigenvalue weighted by Gasteiger charge is -2.41. The monoisotopic (exact) mass is 631 g/mol. The lowest BCUT2D eigenvalue weighted by Crippen LogP contribution is -3.00. The average Bonchev–Trinajstić information content (AvgIpc) is 2.90. The van der Waals surface area contributed by atoms with Crippen LogP contribution in [0.1, 0.15) is 182 Å². The molecule has 3 unspecified atom stereocenters. The second-order valence-corrected chi connectivity index (χ2v) is 13.0. The van der Waals surface area contributed by atoms with Crippen molar-refractivity contribution in [2.24, 2.45) is 5.92 Å². The number of Topliss-reactive ketones (excluding diaryl/α,β-unsaturated/α-hetero) is 2. The van der Waals surface area contributed by atoms with E-state index >= 15 is 0 Å². The predicted molar refractivity (Wildman–Crippen MR) is 169 cm³/mol. The van der Waals surface area contributed by atoms with Crippen LogP contribution in [0.25, 0.3) is 0 Å². The number of hydrogen-bond acceptors (Lipinski definition) is 3. The number of carbonyl (C=O) groups excluding carboxylic acids is 2. The fraction of sp³-hybridized carbons (Fsp3) is 0.943. The first kappa shape index (κ1) is 41.9. The van der Waals surface area contributed by atoms with Crippen molar-refractivity contribution >= 4 is 11.6 Å². The highest BCUT2D eigenvalue weighted by Crippen LogP contribution is 2.25. The first-order valence-electron chi connectivity index (χ1n) is 17.3. The van der Waals surface area contributed by atoms with Gasteiger partial charge in [0.15, 0.2) is 18.1 Å². The molecule has 5 heteroatoms. The van der Waals surface area contributed by atoms with E-state index < -0.39 is 12.3 Å². The number of nitrogens with zero attached hydrogens (tertiary/aromatic N) is 1. The zero-order chi connectivity index (χ0) is 29.4. The van der Waals surface area contributed by atoms with Crippen LogP contribution in [-0.4, -0.2) is 47.5 Å². The molecule has 0 fully saturated rings. The van der Waals surface area contributed by atoms with Crippen LogP contribution in [0.2, 0.25) is 0 Å². The number of halogens is 1. The first-order chi connectivity index (χ1) is 18.7. The van der Waals surface area contributed by atoms with Gasteiger partial charge >= 0.3 is 0 Å². The van der Waals surface area contributed by atoms with Crippen molar-refractivity contribution in [2.45, 2.75) is 194 Å². The highest BCUT2D eigenvalue weighted by Gasteiger charge is 2.43. The molecule has 0 aromatic heterocycles. The molecule has 0 aromatic rings. The Bertz CT molecular complexity index is 593. The highest BCUT2D eigenvalue weighted by molar-refractivity contribution is 5.91. The van der Waals surface area contributed by atoms with Gasteiger partial charge in [0, 0.05) is 19.8 Å². The molecule has 0 aliphatic rings. The van der Waals surface area contributed by atoms with Crippen molar-refractivity contribution in [1.82, 2.24) is 0 Å². The van der Waals surface area contributed by atoms with Gasteiger partial charge in [-0.15, -0.1) is 0 Å². The third-order valence-electron chi connectivity index (χ3n) is 9.04. The van der Waals surface area contributed by atoms with E-state index in [-0.39, 0.29) is 38.9 Å². The summed E-state index contributed by atoms with van der Waals surface area (Å²) in [6.07, 6.45) is 28.2. The second-order valence-electron chi connectivity index (χ2n) is 13.0. The summed E-state index contributed by atoms with van der Waals surface area (Å²) in [7, 11) is 3.81. The zero-order valence-electron chi connectivity index (χ0n) is 27.8. The summed E-state index contributed by atoms with van der Waals surface area (Å²) < 4.78 is 0.169. The van der Waals surface area contributed by atoms with E-state index in [4.69, 9.17) is 0 Å². The summed E-state index contributed by atoms with van der Waals surface area (Å²) >= 11 is 0. The lowest BCUT2D eigenvalue weighted by molar-refractivity contribution is -0.950. The van der Waals surface area contributed by atoms with Gasteiger partial charge in [-0.1, -0.05) is 142 Å². The van der Waals surface area contributed by atoms with Crippen molar-refractivity contribution in [3.8, 4) is 0 Å². The molecule has 40 heavy (non-hydrogen) atoms. The van der Waals surface area contributed by atoms with E-state index in [9.17, 15) is 14.7 Å². The Hall–Kier alpha value is -0.260. The van der Waals surface area contributed by atoms with Crippen LogP contribution in [0.15, 0.2) is 0 Å². The fourth-order valence-corrected chi connectivity index (χ4v) is 5.94. The molecule has 0 aromatic carbocycles. The van der Waals surface area contributed by atoms with Crippen LogP contribution in [0.3, 0.4) is 0 Å². The van der Waals surface area contributed by atoms with Gasteiger partial charge in [-0.25, -0.2) is 0 Å². The third kappa shape index (κ3) is 20.6. The summed E-state index contributed by atoms with van der Waals surface area (Å²) in [4.78, 5) is 26.5. The summed E-state index contributed by atoms with van der Waals surface area (Å²) in [5.41, 5.74) is 0. The Labute approximate surface area is 261 Å². The maximum Gasteiger partial charge on any atom is 0.190 e. The number of quaternary nitrogens is 1. The van der Waals surface area contributed by atoms with Gasteiger partial charge in [-0.3, -0.25) is 14.1 Å². The molecule has 0 aliphatic heterocycles. The number of hydrogen-bond donors (Lipinski definition) is 1. The molecule has 0 rings (SSSR count). The smallest absolute Gasteiger partial charge is 0.190 e. The van der Waals surface area contributed by atoms with E-state index in [2.05, 4.69) is 13.8 Å². The number of aliphatic hydroxyl groups is 1. The molecule has 0 saturated heterocycles. The molecule has 1 N–H and O–H groups in total. The molecule has 0 bridgehead atoms. The second kappa shape index (κ2) is 27.6. The molecule has 0 heterocycles. The number of rotatable bonds is 29. The number of carbonyl (C=O) groups is 2. The minimum Gasteiger partial charge on any atom is -1.00 e. The Morgan fingerprint density at radius 2 is 0.800 bits per heavy atom. The Morgan fingerprint density at radius 1 is 0.525 bits per heavy atom. The van der Waals surface area contributed by atoms with Crippen molar-refractivity contribution in [2.75, 3.05) is 14.1 Å². The third-order valence-corrected chi connectivity index (χ3v) is 9.04. The van der Waals surface area contributed by atoms with Crippen LogP contribution in [0, 0.1) is 5.92 Å². The maximum absolute atomic E-state index is 13.4. The lowest BCUT2D eigenvalue weighted by atomic mass is 9.86. The number of aliphatic hydroxyl groups excluding tert-OH is 1. The SMILES string of the molecule is CCCCCCCCCCCCCC(=O)C(C)C(C(=O)CCCCCCCCCCCCC)[N+](C)(C)C(C)O.[Br-]. The predicted octanol–water partition coefficient (Wildman–Crippen LogP) is 6.95. The molecule has 0 amide bonds. The summed E-state index contributed by atoms with van der Waals surface area (Å²) in [5.74, 6) is -0.00963. The van der Waals surface area contributed by atoms with Crippen LogP contribution in [-0.2, 0) is 9.59 Å². The Morgan fingerprint density at radius 3 is 1.10 bits per heavy atom. The van der Waals surface area contributed by atoms with Crippen molar-refractivity contribution in [1.29, 1.82) is 0 Å². The van der Waals surface area contributed by atoms with E-state index in [1.54, 1.807) is 6.92 Å². The Balaban J connectivity index is 0. The van der Waals surface area contributed by atoms with E-state index in [1.807, 2.05) is 21.0 Å². The van der Waals surface area contributed by atoms with Gasteiger partial charge in [0.1, 0.15) is 5.78 Å². The van der Waals surface area contributed by atoms with E-state index in [1.165, 1.54) is 116 Å². The summed E-state index contributed by atoms with van der Waals surface area (Å²) in [6.45, 7) is 8.18. The molecule has 0 radical (unpaired) electrons. The molecule has 0 aliphatic carbocycles. The van der Waals surface area contributed by atoms with Crippen LogP contribution < -0.4 is 17.0 Å². The van der Waals surface area contributed by atoms with Gasteiger partial charge in [-0.2, -0.15) is 0 Å². The molecule has 0 saturated carbocycles. The molecular formula is C35H70BrNO3. The quantitative estimate of drug-likeness (QED) is 0.0552. The minimum atomic E-state index is -0.687.